The number of hydrogen-bond acceptors (Lipinski definition) is 3. The van der Waals surface area contributed by atoms with E-state index in [1.807, 2.05) is 12.1 Å². The SMILES string of the molecule is CC[C@@H](C)c1ccc(N=Cc2ccc(Cl)c([N+](=O)[O-])c2)cc1. The van der Waals surface area contributed by atoms with Crippen LogP contribution < -0.4 is 0 Å². The van der Waals surface area contributed by atoms with Gasteiger partial charge < -0.3 is 0 Å². The smallest absolute Gasteiger partial charge is 0.258 e. The second-order valence-electron chi connectivity index (χ2n) is 5.13. The summed E-state index contributed by atoms with van der Waals surface area (Å²) in [5.74, 6) is 0.525. The van der Waals surface area contributed by atoms with Crippen LogP contribution in [0.2, 0.25) is 5.02 Å². The van der Waals surface area contributed by atoms with Crippen molar-refractivity contribution < 1.29 is 4.92 Å². The molecule has 0 heterocycles. The molecule has 0 radical (unpaired) electrons. The molecule has 0 aliphatic carbocycles. The average Bonchev–Trinajstić information content (AvgIpc) is 2.53. The van der Waals surface area contributed by atoms with Crippen molar-refractivity contribution in [2.75, 3.05) is 0 Å². The summed E-state index contributed by atoms with van der Waals surface area (Å²) in [6, 6.07) is 12.6. The zero-order valence-corrected chi connectivity index (χ0v) is 13.2. The quantitative estimate of drug-likeness (QED) is 0.414. The molecular weight excluding hydrogens is 300 g/mol. The molecule has 2 rings (SSSR count). The molecule has 5 heteroatoms. The Morgan fingerprint density at radius 1 is 1.27 bits per heavy atom. The topological polar surface area (TPSA) is 55.5 Å². The van der Waals surface area contributed by atoms with Gasteiger partial charge in [0, 0.05) is 12.3 Å². The molecule has 114 valence electrons. The maximum atomic E-state index is 10.9. The summed E-state index contributed by atoms with van der Waals surface area (Å²) in [6.45, 7) is 4.34. The predicted octanol–water partition coefficient (Wildman–Crippen LogP) is 5.51. The third kappa shape index (κ3) is 3.92. The molecule has 0 saturated carbocycles. The van der Waals surface area contributed by atoms with Crippen molar-refractivity contribution in [3.8, 4) is 0 Å². The lowest BCUT2D eigenvalue weighted by Gasteiger charge is -2.08. The molecule has 0 spiro atoms. The van der Waals surface area contributed by atoms with Crippen LogP contribution in [0.1, 0.15) is 37.3 Å². The van der Waals surface area contributed by atoms with Crippen LogP contribution in [-0.4, -0.2) is 11.1 Å². The number of hydrogen-bond donors (Lipinski definition) is 0. The van der Waals surface area contributed by atoms with Gasteiger partial charge in [-0.15, -0.1) is 0 Å². The molecule has 0 N–H and O–H groups in total. The normalized spacial score (nSPS) is 12.5. The monoisotopic (exact) mass is 316 g/mol. The second-order valence-corrected chi connectivity index (χ2v) is 5.53. The Hall–Kier alpha value is -2.20. The maximum absolute atomic E-state index is 10.9. The van der Waals surface area contributed by atoms with Crippen LogP contribution >= 0.6 is 11.6 Å². The van der Waals surface area contributed by atoms with Gasteiger partial charge in [0.15, 0.2) is 0 Å². The third-order valence-electron chi connectivity index (χ3n) is 3.60. The summed E-state index contributed by atoms with van der Waals surface area (Å²) in [5, 5.41) is 11.0. The van der Waals surface area contributed by atoms with Crippen molar-refractivity contribution in [1.29, 1.82) is 0 Å². The first kappa shape index (κ1) is 16.2. The molecule has 0 aliphatic heterocycles. The van der Waals surface area contributed by atoms with Crippen LogP contribution in [0.15, 0.2) is 47.5 Å². The highest BCUT2D eigenvalue weighted by molar-refractivity contribution is 6.32. The van der Waals surface area contributed by atoms with Crippen LogP contribution in [0, 0.1) is 10.1 Å². The molecule has 2 aromatic rings. The maximum Gasteiger partial charge on any atom is 0.288 e. The van der Waals surface area contributed by atoms with Gasteiger partial charge in [0.05, 0.1) is 10.6 Å². The lowest BCUT2D eigenvalue weighted by Crippen LogP contribution is -1.91. The van der Waals surface area contributed by atoms with E-state index >= 15 is 0 Å². The highest BCUT2D eigenvalue weighted by Gasteiger charge is 2.11. The summed E-state index contributed by atoms with van der Waals surface area (Å²) in [6.07, 6.45) is 2.69. The van der Waals surface area contributed by atoms with Gasteiger partial charge in [-0.3, -0.25) is 15.1 Å². The van der Waals surface area contributed by atoms with E-state index in [-0.39, 0.29) is 10.7 Å². The number of nitro groups is 1. The molecule has 0 amide bonds. The van der Waals surface area contributed by atoms with Crippen molar-refractivity contribution in [2.45, 2.75) is 26.2 Å². The fourth-order valence-corrected chi connectivity index (χ4v) is 2.21. The highest BCUT2D eigenvalue weighted by Crippen LogP contribution is 2.25. The average molecular weight is 317 g/mol. The van der Waals surface area contributed by atoms with E-state index in [1.54, 1.807) is 12.3 Å². The summed E-state index contributed by atoms with van der Waals surface area (Å²) in [5.41, 5.74) is 2.62. The van der Waals surface area contributed by atoms with Crippen molar-refractivity contribution in [2.24, 2.45) is 4.99 Å². The van der Waals surface area contributed by atoms with Crippen molar-refractivity contribution in [1.82, 2.24) is 0 Å². The molecular formula is C17H17ClN2O2. The Bertz CT molecular complexity index is 696. The molecule has 0 unspecified atom stereocenters. The van der Waals surface area contributed by atoms with Gasteiger partial charge in [0.2, 0.25) is 0 Å². The molecule has 0 fully saturated rings. The van der Waals surface area contributed by atoms with Gasteiger partial charge in [-0.05, 0) is 41.7 Å². The van der Waals surface area contributed by atoms with Crippen LogP contribution in [0.4, 0.5) is 11.4 Å². The molecule has 0 aromatic heterocycles. The van der Waals surface area contributed by atoms with Crippen molar-refractivity contribution in [3.63, 3.8) is 0 Å². The van der Waals surface area contributed by atoms with Gasteiger partial charge >= 0.3 is 0 Å². The summed E-state index contributed by atoms with van der Waals surface area (Å²) < 4.78 is 0. The molecule has 4 nitrogen and oxygen atoms in total. The molecule has 0 aliphatic rings. The molecule has 22 heavy (non-hydrogen) atoms. The first-order chi connectivity index (χ1) is 10.5. The van der Waals surface area contributed by atoms with Crippen LogP contribution in [-0.2, 0) is 0 Å². The number of halogens is 1. The Balaban J connectivity index is 2.18. The number of nitro benzene ring substituents is 1. The van der Waals surface area contributed by atoms with Gasteiger partial charge in [-0.25, -0.2) is 0 Å². The number of aliphatic imine (C=N–C) groups is 1. The summed E-state index contributed by atoms with van der Waals surface area (Å²) >= 11 is 5.78. The Labute approximate surface area is 134 Å². The van der Waals surface area contributed by atoms with E-state index in [4.69, 9.17) is 11.6 Å². The fourth-order valence-electron chi connectivity index (χ4n) is 2.02. The number of benzene rings is 2. The van der Waals surface area contributed by atoms with E-state index in [2.05, 4.69) is 31.0 Å². The lowest BCUT2D eigenvalue weighted by molar-refractivity contribution is -0.384. The standard InChI is InChI=1S/C17H17ClN2O2/c1-3-12(2)14-5-7-15(8-6-14)19-11-13-4-9-16(18)17(10-13)20(21)22/h4-12H,3H2,1-2H3/t12-/m1/s1. The molecule has 0 bridgehead atoms. The summed E-state index contributed by atoms with van der Waals surface area (Å²) in [7, 11) is 0. The Kier molecular flexibility index (Phi) is 5.28. The van der Waals surface area contributed by atoms with E-state index in [1.165, 1.54) is 17.7 Å². The minimum Gasteiger partial charge on any atom is -0.258 e. The first-order valence-corrected chi connectivity index (χ1v) is 7.47. The van der Waals surface area contributed by atoms with Crippen molar-refractivity contribution >= 4 is 29.2 Å². The largest absolute Gasteiger partial charge is 0.288 e. The van der Waals surface area contributed by atoms with Crippen LogP contribution in [0.3, 0.4) is 0 Å². The van der Waals surface area contributed by atoms with E-state index < -0.39 is 4.92 Å². The predicted molar refractivity (Wildman–Crippen MR) is 90.5 cm³/mol. The first-order valence-electron chi connectivity index (χ1n) is 7.09. The van der Waals surface area contributed by atoms with Crippen LogP contribution in [0.5, 0.6) is 0 Å². The fraction of sp³-hybridized carbons (Fsp3) is 0.235. The molecule has 0 saturated heterocycles. The van der Waals surface area contributed by atoms with Crippen LogP contribution in [0.25, 0.3) is 0 Å². The zero-order valence-electron chi connectivity index (χ0n) is 12.5. The van der Waals surface area contributed by atoms with E-state index in [0.29, 0.717) is 11.5 Å². The Morgan fingerprint density at radius 3 is 2.55 bits per heavy atom. The van der Waals surface area contributed by atoms with E-state index in [0.717, 1.165) is 12.1 Å². The molecule has 2 aromatic carbocycles. The second kappa shape index (κ2) is 7.18. The van der Waals surface area contributed by atoms with E-state index in [9.17, 15) is 10.1 Å². The minimum atomic E-state index is -0.499. The highest BCUT2D eigenvalue weighted by atomic mass is 35.5. The van der Waals surface area contributed by atoms with Crippen molar-refractivity contribution in [3.05, 3.63) is 68.7 Å². The van der Waals surface area contributed by atoms with Gasteiger partial charge in [0.25, 0.3) is 5.69 Å². The Morgan fingerprint density at radius 2 is 1.95 bits per heavy atom. The lowest BCUT2D eigenvalue weighted by atomic mass is 9.99. The van der Waals surface area contributed by atoms with Gasteiger partial charge in [0.1, 0.15) is 5.02 Å². The molecule has 1 atom stereocenters. The minimum absolute atomic E-state index is 0.113. The number of nitrogens with zero attached hydrogens (tertiary/aromatic N) is 2. The third-order valence-corrected chi connectivity index (χ3v) is 3.92. The summed E-state index contributed by atoms with van der Waals surface area (Å²) in [4.78, 5) is 14.7. The number of rotatable bonds is 5. The van der Waals surface area contributed by atoms with Gasteiger partial charge in [-0.1, -0.05) is 43.6 Å². The zero-order chi connectivity index (χ0) is 16.1. The van der Waals surface area contributed by atoms with Gasteiger partial charge in [-0.2, -0.15) is 0 Å².